The highest BCUT2D eigenvalue weighted by atomic mass is 16.5. The maximum Gasteiger partial charge on any atom is 0.224 e. The Morgan fingerprint density at radius 2 is 1.84 bits per heavy atom. The van der Waals surface area contributed by atoms with Crippen LogP contribution in [0.3, 0.4) is 0 Å². The van der Waals surface area contributed by atoms with Crippen molar-refractivity contribution in [2.24, 2.45) is 4.99 Å². The molecule has 172 valence electrons. The monoisotopic (exact) mass is 438 g/mol. The number of rotatable bonds is 9. The van der Waals surface area contributed by atoms with Gasteiger partial charge in [-0.2, -0.15) is 0 Å². The first-order valence-electron chi connectivity index (χ1n) is 11.4. The third-order valence-corrected chi connectivity index (χ3v) is 5.26. The van der Waals surface area contributed by atoms with Crippen LogP contribution in [0.2, 0.25) is 0 Å². The van der Waals surface area contributed by atoms with Crippen LogP contribution < -0.4 is 20.3 Å². The Kier molecular flexibility index (Phi) is 9.16. The Bertz CT molecular complexity index is 866. The molecular formula is C24H34N6O2. The second-order valence-corrected chi connectivity index (χ2v) is 7.47. The number of nitrogens with zero attached hydrogens (tertiary/aromatic N) is 4. The minimum Gasteiger partial charge on any atom is -0.494 e. The fourth-order valence-corrected chi connectivity index (χ4v) is 3.61. The molecule has 0 saturated carbocycles. The minimum atomic E-state index is 0.163. The van der Waals surface area contributed by atoms with Gasteiger partial charge in [-0.3, -0.25) is 4.79 Å². The Labute approximate surface area is 190 Å². The molecule has 2 N–H and O–H groups in total. The summed E-state index contributed by atoms with van der Waals surface area (Å²) in [6, 6.07) is 13.8. The Balaban J connectivity index is 1.45. The molecule has 0 radical (unpaired) electrons. The SMILES string of the molecule is CCNC(=NCc1ccccc1OCC)NCCC(=O)N1CCN(c2ccccn2)CC1. The van der Waals surface area contributed by atoms with Gasteiger partial charge in [0, 0.05) is 57.4 Å². The van der Waals surface area contributed by atoms with Crippen LogP contribution in [0.4, 0.5) is 5.82 Å². The molecule has 0 bridgehead atoms. The van der Waals surface area contributed by atoms with Gasteiger partial charge in [0.05, 0.1) is 13.2 Å². The van der Waals surface area contributed by atoms with Crippen LogP contribution in [-0.2, 0) is 11.3 Å². The first kappa shape index (κ1) is 23.4. The van der Waals surface area contributed by atoms with Crippen molar-refractivity contribution in [3.05, 3.63) is 54.2 Å². The molecule has 1 aliphatic heterocycles. The first-order chi connectivity index (χ1) is 15.7. The van der Waals surface area contributed by atoms with E-state index in [0.29, 0.717) is 32.1 Å². The number of piperazine rings is 1. The fourth-order valence-electron chi connectivity index (χ4n) is 3.61. The van der Waals surface area contributed by atoms with E-state index < -0.39 is 0 Å². The summed E-state index contributed by atoms with van der Waals surface area (Å²) in [5.41, 5.74) is 1.04. The lowest BCUT2D eigenvalue weighted by molar-refractivity contribution is -0.131. The third kappa shape index (κ3) is 6.87. The Hall–Kier alpha value is -3.29. The van der Waals surface area contributed by atoms with E-state index in [0.717, 1.165) is 49.9 Å². The summed E-state index contributed by atoms with van der Waals surface area (Å²) in [7, 11) is 0. The van der Waals surface area contributed by atoms with Crippen molar-refractivity contribution in [1.29, 1.82) is 0 Å². The van der Waals surface area contributed by atoms with Gasteiger partial charge in [-0.1, -0.05) is 24.3 Å². The number of ether oxygens (including phenoxy) is 1. The molecule has 1 fully saturated rings. The molecule has 2 aromatic rings. The predicted octanol–water partition coefficient (Wildman–Crippen LogP) is 2.27. The highest BCUT2D eigenvalue weighted by Crippen LogP contribution is 2.18. The van der Waals surface area contributed by atoms with Crippen LogP contribution in [0.1, 0.15) is 25.8 Å². The molecule has 0 aliphatic carbocycles. The number of aliphatic imine (C=N–C) groups is 1. The number of amides is 1. The Morgan fingerprint density at radius 1 is 1.06 bits per heavy atom. The number of guanidine groups is 1. The number of hydrogen-bond acceptors (Lipinski definition) is 5. The van der Waals surface area contributed by atoms with E-state index in [2.05, 4.69) is 25.5 Å². The predicted molar refractivity (Wildman–Crippen MR) is 128 cm³/mol. The molecule has 1 aliphatic rings. The van der Waals surface area contributed by atoms with Crippen molar-refractivity contribution in [3.63, 3.8) is 0 Å². The number of pyridine rings is 1. The summed E-state index contributed by atoms with van der Waals surface area (Å²) >= 11 is 0. The summed E-state index contributed by atoms with van der Waals surface area (Å²) in [4.78, 5) is 25.9. The molecule has 3 rings (SSSR count). The average Bonchev–Trinajstić information content (AvgIpc) is 2.84. The molecule has 8 nitrogen and oxygen atoms in total. The van der Waals surface area contributed by atoms with Crippen molar-refractivity contribution in [3.8, 4) is 5.75 Å². The molecule has 0 unspecified atom stereocenters. The fraction of sp³-hybridized carbons (Fsp3) is 0.458. The van der Waals surface area contributed by atoms with E-state index in [4.69, 9.17) is 4.74 Å². The van der Waals surface area contributed by atoms with Crippen molar-refractivity contribution in [2.45, 2.75) is 26.8 Å². The zero-order valence-electron chi connectivity index (χ0n) is 19.1. The topological polar surface area (TPSA) is 82.1 Å². The molecule has 1 aromatic heterocycles. The van der Waals surface area contributed by atoms with Gasteiger partial charge in [0.2, 0.25) is 5.91 Å². The lowest BCUT2D eigenvalue weighted by Gasteiger charge is -2.35. The molecule has 1 amide bonds. The van der Waals surface area contributed by atoms with Crippen molar-refractivity contribution in [2.75, 3.05) is 50.8 Å². The van der Waals surface area contributed by atoms with Gasteiger partial charge in [0.25, 0.3) is 0 Å². The summed E-state index contributed by atoms with van der Waals surface area (Å²) in [5.74, 6) is 2.69. The van der Waals surface area contributed by atoms with Gasteiger partial charge in [-0.15, -0.1) is 0 Å². The van der Waals surface area contributed by atoms with E-state index in [1.54, 1.807) is 6.20 Å². The van der Waals surface area contributed by atoms with Crippen LogP contribution in [0.15, 0.2) is 53.7 Å². The first-order valence-corrected chi connectivity index (χ1v) is 11.4. The number of aromatic nitrogens is 1. The van der Waals surface area contributed by atoms with Crippen molar-refractivity contribution < 1.29 is 9.53 Å². The van der Waals surface area contributed by atoms with Gasteiger partial charge < -0.3 is 25.2 Å². The van der Waals surface area contributed by atoms with E-state index in [-0.39, 0.29) is 5.91 Å². The molecule has 0 spiro atoms. The highest BCUT2D eigenvalue weighted by molar-refractivity contribution is 5.81. The largest absolute Gasteiger partial charge is 0.494 e. The van der Waals surface area contributed by atoms with E-state index in [1.807, 2.05) is 61.2 Å². The number of hydrogen-bond donors (Lipinski definition) is 2. The lowest BCUT2D eigenvalue weighted by Crippen LogP contribution is -2.49. The van der Waals surface area contributed by atoms with Crippen LogP contribution in [-0.4, -0.2) is 67.6 Å². The third-order valence-electron chi connectivity index (χ3n) is 5.26. The van der Waals surface area contributed by atoms with E-state index in [9.17, 15) is 4.79 Å². The average molecular weight is 439 g/mol. The molecule has 1 saturated heterocycles. The van der Waals surface area contributed by atoms with Crippen LogP contribution in [0.25, 0.3) is 0 Å². The zero-order valence-corrected chi connectivity index (χ0v) is 19.1. The number of carbonyl (C=O) groups excluding carboxylic acids is 1. The standard InChI is InChI=1S/C24H34N6O2/c1-3-25-24(28-19-20-9-5-6-10-21(20)32-4-2)27-14-12-23(31)30-17-15-29(16-18-30)22-11-7-8-13-26-22/h5-11,13H,3-4,12,14-19H2,1-2H3,(H2,25,27,28). The zero-order chi connectivity index (χ0) is 22.6. The van der Waals surface area contributed by atoms with Gasteiger partial charge in [0.15, 0.2) is 5.96 Å². The molecule has 1 aromatic carbocycles. The summed E-state index contributed by atoms with van der Waals surface area (Å²) in [6.45, 7) is 9.47. The van der Waals surface area contributed by atoms with Crippen LogP contribution in [0, 0.1) is 0 Å². The number of nitrogens with one attached hydrogen (secondary N) is 2. The second kappa shape index (κ2) is 12.5. The van der Waals surface area contributed by atoms with Gasteiger partial charge in [-0.25, -0.2) is 9.98 Å². The van der Waals surface area contributed by atoms with Gasteiger partial charge in [-0.05, 0) is 32.0 Å². The normalized spacial score (nSPS) is 14.2. The van der Waals surface area contributed by atoms with Crippen LogP contribution >= 0.6 is 0 Å². The van der Waals surface area contributed by atoms with E-state index in [1.165, 1.54) is 0 Å². The smallest absolute Gasteiger partial charge is 0.224 e. The number of anilines is 1. The molecular weight excluding hydrogens is 404 g/mol. The Morgan fingerprint density at radius 3 is 2.56 bits per heavy atom. The number of para-hydroxylation sites is 1. The minimum absolute atomic E-state index is 0.163. The summed E-state index contributed by atoms with van der Waals surface area (Å²) in [6.07, 6.45) is 2.24. The van der Waals surface area contributed by atoms with Crippen molar-refractivity contribution >= 4 is 17.7 Å². The molecule has 2 heterocycles. The molecule has 0 atom stereocenters. The number of carbonyl (C=O) groups is 1. The highest BCUT2D eigenvalue weighted by Gasteiger charge is 2.21. The lowest BCUT2D eigenvalue weighted by atomic mass is 10.2. The molecule has 8 heteroatoms. The van der Waals surface area contributed by atoms with E-state index >= 15 is 0 Å². The van der Waals surface area contributed by atoms with Crippen LogP contribution in [0.5, 0.6) is 5.75 Å². The molecule has 32 heavy (non-hydrogen) atoms. The van der Waals surface area contributed by atoms with Crippen molar-refractivity contribution in [1.82, 2.24) is 20.5 Å². The summed E-state index contributed by atoms with van der Waals surface area (Å²) in [5, 5.41) is 6.52. The quantitative estimate of drug-likeness (QED) is 0.462. The van der Waals surface area contributed by atoms with Gasteiger partial charge in [0.1, 0.15) is 11.6 Å². The maximum absolute atomic E-state index is 12.7. The van der Waals surface area contributed by atoms with Gasteiger partial charge >= 0.3 is 0 Å². The number of benzene rings is 1. The second-order valence-electron chi connectivity index (χ2n) is 7.47. The maximum atomic E-state index is 12.7. The summed E-state index contributed by atoms with van der Waals surface area (Å²) < 4.78 is 5.68.